The minimum Gasteiger partial charge on any atom is -0.497 e. The summed E-state index contributed by atoms with van der Waals surface area (Å²) in [7, 11) is 1.68. The first-order valence-electron chi connectivity index (χ1n) is 8.90. The highest BCUT2D eigenvalue weighted by molar-refractivity contribution is 5.41. The van der Waals surface area contributed by atoms with Crippen LogP contribution >= 0.6 is 0 Å². The normalized spacial score (nSPS) is 22.4. The summed E-state index contributed by atoms with van der Waals surface area (Å²) in [5, 5.41) is 4.22. The predicted octanol–water partition coefficient (Wildman–Crippen LogP) is 3.56. The van der Waals surface area contributed by atoms with Crippen molar-refractivity contribution < 1.29 is 18.4 Å². The monoisotopic (exact) mass is 346 g/mol. The van der Waals surface area contributed by atoms with Crippen molar-refractivity contribution in [2.45, 2.75) is 43.4 Å². The van der Waals surface area contributed by atoms with Gasteiger partial charge in [0.05, 0.1) is 12.5 Å². The largest absolute Gasteiger partial charge is 0.497 e. The number of hydrogen-bond donors (Lipinski definition) is 0. The van der Waals surface area contributed by atoms with Crippen LogP contribution in [0.1, 0.15) is 54.4 Å². The molecule has 0 N–H and O–H groups in total. The molecule has 134 valence electrons. The van der Waals surface area contributed by atoms with Gasteiger partial charge >= 0.3 is 0 Å². The molecule has 2 heterocycles. The van der Waals surface area contributed by atoms with Crippen molar-refractivity contribution in [3.63, 3.8) is 0 Å². The SMILES string of the molecule is COc1ccc2c(c1)CCCC2c1noc(C2(CF)CCOCC2)n1. The zero-order valence-corrected chi connectivity index (χ0v) is 14.5. The van der Waals surface area contributed by atoms with Crippen molar-refractivity contribution in [2.75, 3.05) is 27.0 Å². The first kappa shape index (κ1) is 16.5. The lowest BCUT2D eigenvalue weighted by atomic mass is 9.80. The number of halogens is 1. The van der Waals surface area contributed by atoms with Gasteiger partial charge in [0, 0.05) is 19.1 Å². The average Bonchev–Trinajstić information content (AvgIpc) is 3.18. The van der Waals surface area contributed by atoms with Gasteiger partial charge in [0.15, 0.2) is 5.82 Å². The fourth-order valence-corrected chi connectivity index (χ4v) is 3.94. The number of methoxy groups -OCH3 is 1. The molecule has 4 rings (SSSR count). The second kappa shape index (κ2) is 6.75. The Morgan fingerprint density at radius 1 is 1.32 bits per heavy atom. The molecule has 1 unspecified atom stereocenters. The van der Waals surface area contributed by atoms with Gasteiger partial charge in [0.2, 0.25) is 5.89 Å². The molecule has 6 heteroatoms. The van der Waals surface area contributed by atoms with Crippen LogP contribution in [0.2, 0.25) is 0 Å². The maximum Gasteiger partial charge on any atom is 0.235 e. The van der Waals surface area contributed by atoms with E-state index in [2.05, 4.69) is 22.3 Å². The number of aromatic nitrogens is 2. The molecule has 0 saturated carbocycles. The molecule has 5 nitrogen and oxygen atoms in total. The quantitative estimate of drug-likeness (QED) is 0.847. The fourth-order valence-electron chi connectivity index (χ4n) is 3.94. The van der Waals surface area contributed by atoms with Crippen molar-refractivity contribution in [1.29, 1.82) is 0 Å². The van der Waals surface area contributed by atoms with Crippen LogP contribution in [0.4, 0.5) is 4.39 Å². The summed E-state index contributed by atoms with van der Waals surface area (Å²) in [6.07, 6.45) is 4.24. The number of aryl methyl sites for hydroxylation is 1. The van der Waals surface area contributed by atoms with E-state index in [4.69, 9.17) is 14.0 Å². The van der Waals surface area contributed by atoms with Crippen LogP contribution in [0.25, 0.3) is 0 Å². The molecule has 1 fully saturated rings. The molecule has 2 aliphatic rings. The van der Waals surface area contributed by atoms with E-state index in [1.807, 2.05) is 6.07 Å². The lowest BCUT2D eigenvalue weighted by molar-refractivity contribution is 0.0270. The van der Waals surface area contributed by atoms with Crippen LogP contribution in [-0.2, 0) is 16.6 Å². The number of benzene rings is 1. The minimum absolute atomic E-state index is 0.101. The zero-order chi connectivity index (χ0) is 17.3. The first-order chi connectivity index (χ1) is 12.3. The maximum absolute atomic E-state index is 13.8. The molecule has 1 aliphatic carbocycles. The Morgan fingerprint density at radius 2 is 2.16 bits per heavy atom. The van der Waals surface area contributed by atoms with Gasteiger partial charge in [-0.25, -0.2) is 4.39 Å². The minimum atomic E-state index is -0.680. The first-order valence-corrected chi connectivity index (χ1v) is 8.90. The second-order valence-corrected chi connectivity index (χ2v) is 6.99. The van der Waals surface area contributed by atoms with Crippen LogP contribution in [0.15, 0.2) is 22.7 Å². The van der Waals surface area contributed by atoms with Gasteiger partial charge in [-0.1, -0.05) is 11.2 Å². The molecule has 1 atom stereocenters. The molecule has 2 aromatic rings. The van der Waals surface area contributed by atoms with Crippen molar-refractivity contribution in [3.8, 4) is 5.75 Å². The summed E-state index contributed by atoms with van der Waals surface area (Å²) in [4.78, 5) is 4.64. The summed E-state index contributed by atoms with van der Waals surface area (Å²) in [5.74, 6) is 2.06. The Kier molecular flexibility index (Phi) is 4.46. The predicted molar refractivity (Wildman–Crippen MR) is 89.8 cm³/mol. The second-order valence-electron chi connectivity index (χ2n) is 6.99. The topological polar surface area (TPSA) is 57.4 Å². The Bertz CT molecular complexity index is 740. The van der Waals surface area contributed by atoms with Crippen molar-refractivity contribution in [1.82, 2.24) is 10.1 Å². The van der Waals surface area contributed by atoms with Gasteiger partial charge in [0.1, 0.15) is 12.4 Å². The Balaban J connectivity index is 1.65. The highest BCUT2D eigenvalue weighted by Gasteiger charge is 2.41. The van der Waals surface area contributed by atoms with Gasteiger partial charge in [-0.3, -0.25) is 0 Å². The standard InChI is InChI=1S/C19H23FN2O3/c1-23-14-5-6-15-13(11-14)3-2-4-16(15)17-21-18(25-22-17)19(12-20)7-9-24-10-8-19/h5-6,11,16H,2-4,7-10,12H2,1H3. The van der Waals surface area contributed by atoms with E-state index in [9.17, 15) is 4.39 Å². The summed E-state index contributed by atoms with van der Waals surface area (Å²) in [6, 6.07) is 6.15. The Labute approximate surface area is 146 Å². The number of ether oxygens (including phenoxy) is 2. The molecule has 1 aliphatic heterocycles. The Hall–Kier alpha value is -1.95. The highest BCUT2D eigenvalue weighted by Crippen LogP contribution is 2.39. The van der Waals surface area contributed by atoms with E-state index in [1.54, 1.807) is 7.11 Å². The molecule has 1 aromatic heterocycles. The molecule has 25 heavy (non-hydrogen) atoms. The third kappa shape index (κ3) is 2.92. The van der Waals surface area contributed by atoms with Crippen LogP contribution < -0.4 is 4.74 Å². The van der Waals surface area contributed by atoms with Crippen molar-refractivity contribution >= 4 is 0 Å². The van der Waals surface area contributed by atoms with Crippen molar-refractivity contribution in [3.05, 3.63) is 41.0 Å². The molecule has 0 amide bonds. The molecule has 1 aromatic carbocycles. The Morgan fingerprint density at radius 3 is 2.92 bits per heavy atom. The molecule has 0 bridgehead atoms. The van der Waals surface area contributed by atoms with Crippen molar-refractivity contribution in [2.24, 2.45) is 0 Å². The molecule has 0 spiro atoms. The van der Waals surface area contributed by atoms with E-state index < -0.39 is 12.1 Å². The number of hydrogen-bond acceptors (Lipinski definition) is 5. The molecular formula is C19H23FN2O3. The summed E-state index contributed by atoms with van der Waals surface area (Å²) < 4.78 is 30.0. The number of alkyl halides is 1. The number of rotatable bonds is 4. The van der Waals surface area contributed by atoms with Gasteiger partial charge in [-0.05, 0) is 55.4 Å². The maximum atomic E-state index is 13.8. The zero-order valence-electron chi connectivity index (χ0n) is 14.5. The van der Waals surface area contributed by atoms with E-state index in [0.717, 1.165) is 25.0 Å². The number of fused-ring (bicyclic) bond motifs is 1. The third-order valence-corrected chi connectivity index (χ3v) is 5.58. The van der Waals surface area contributed by atoms with E-state index >= 15 is 0 Å². The van der Waals surface area contributed by atoms with E-state index in [0.29, 0.717) is 37.8 Å². The summed E-state index contributed by atoms with van der Waals surface area (Å²) >= 11 is 0. The smallest absolute Gasteiger partial charge is 0.235 e. The molecule has 1 saturated heterocycles. The number of nitrogens with zero attached hydrogens (tertiary/aromatic N) is 2. The van der Waals surface area contributed by atoms with Gasteiger partial charge < -0.3 is 14.0 Å². The third-order valence-electron chi connectivity index (χ3n) is 5.58. The lowest BCUT2D eigenvalue weighted by Gasteiger charge is -2.30. The van der Waals surface area contributed by atoms with Crippen LogP contribution in [-0.4, -0.2) is 37.1 Å². The highest BCUT2D eigenvalue weighted by atomic mass is 19.1. The summed E-state index contributed by atoms with van der Waals surface area (Å²) in [5.41, 5.74) is 1.81. The molecular weight excluding hydrogens is 323 g/mol. The lowest BCUT2D eigenvalue weighted by Crippen LogP contribution is -2.36. The van der Waals surface area contributed by atoms with Gasteiger partial charge in [-0.15, -0.1) is 0 Å². The average molecular weight is 346 g/mol. The van der Waals surface area contributed by atoms with Gasteiger partial charge in [-0.2, -0.15) is 4.98 Å². The van der Waals surface area contributed by atoms with Crippen LogP contribution in [0.5, 0.6) is 5.75 Å². The van der Waals surface area contributed by atoms with Crippen LogP contribution in [0, 0.1) is 0 Å². The summed E-state index contributed by atoms with van der Waals surface area (Å²) in [6.45, 7) is 0.581. The van der Waals surface area contributed by atoms with Crippen LogP contribution in [0.3, 0.4) is 0 Å². The molecule has 0 radical (unpaired) electrons. The van der Waals surface area contributed by atoms with Gasteiger partial charge in [0.25, 0.3) is 0 Å². The van der Waals surface area contributed by atoms with E-state index in [-0.39, 0.29) is 5.92 Å². The van der Waals surface area contributed by atoms with E-state index in [1.165, 1.54) is 11.1 Å². The fraction of sp³-hybridized carbons (Fsp3) is 0.579.